The minimum absolute atomic E-state index is 0.0503. The van der Waals surface area contributed by atoms with Gasteiger partial charge in [-0.1, -0.05) is 19.3 Å². The maximum Gasteiger partial charge on any atom is 0.236 e. The lowest BCUT2D eigenvalue weighted by molar-refractivity contribution is -0.140. The van der Waals surface area contributed by atoms with Crippen molar-refractivity contribution in [2.75, 3.05) is 39.8 Å². The molecule has 2 N–H and O–H groups in total. The molecule has 1 heterocycles. The van der Waals surface area contributed by atoms with Gasteiger partial charge in [-0.2, -0.15) is 0 Å². The van der Waals surface area contributed by atoms with Crippen molar-refractivity contribution in [3.8, 4) is 0 Å². The van der Waals surface area contributed by atoms with E-state index in [-0.39, 0.29) is 23.8 Å². The van der Waals surface area contributed by atoms with Crippen molar-refractivity contribution in [2.24, 2.45) is 23.5 Å². The van der Waals surface area contributed by atoms with Crippen LogP contribution in [0.1, 0.15) is 51.4 Å². The third-order valence-electron chi connectivity index (χ3n) is 7.82. The van der Waals surface area contributed by atoms with Crippen LogP contribution in [0, 0.1) is 17.8 Å². The van der Waals surface area contributed by atoms with Crippen molar-refractivity contribution in [2.45, 2.75) is 63.5 Å². The first-order chi connectivity index (χ1) is 13.0. The Morgan fingerprint density at radius 3 is 2.26 bits per heavy atom. The Labute approximate surface area is 163 Å². The van der Waals surface area contributed by atoms with E-state index in [1.54, 1.807) is 0 Å². The maximum atomic E-state index is 13.0. The standard InChI is InChI=1S/C21H36N4O2/c1-23(17-5-3-2-4-6-17)18(26)14-24-9-11-25(12-10-24)21(27)19-15-7-8-16(13-15)20(19)22/h15-17,19-20H,2-14,22H2,1H3. The van der Waals surface area contributed by atoms with E-state index in [1.807, 2.05) is 16.8 Å². The normalized spacial score (nSPS) is 34.8. The predicted molar refractivity (Wildman–Crippen MR) is 105 cm³/mol. The van der Waals surface area contributed by atoms with Crippen LogP contribution in [0.2, 0.25) is 0 Å². The molecule has 0 aromatic rings. The third-order valence-corrected chi connectivity index (χ3v) is 7.82. The van der Waals surface area contributed by atoms with Gasteiger partial charge in [0, 0.05) is 45.3 Å². The second-order valence-electron chi connectivity index (χ2n) is 9.33. The van der Waals surface area contributed by atoms with E-state index >= 15 is 0 Å². The van der Waals surface area contributed by atoms with Crippen LogP contribution in [0.4, 0.5) is 0 Å². The summed E-state index contributed by atoms with van der Waals surface area (Å²) >= 11 is 0. The number of nitrogens with two attached hydrogens (primary N) is 1. The molecule has 4 fully saturated rings. The van der Waals surface area contributed by atoms with E-state index in [4.69, 9.17) is 5.73 Å². The first-order valence-corrected chi connectivity index (χ1v) is 11.1. The second kappa shape index (κ2) is 8.08. The quantitative estimate of drug-likeness (QED) is 0.803. The average Bonchev–Trinajstić information content (AvgIpc) is 3.29. The topological polar surface area (TPSA) is 69.9 Å². The molecule has 0 aromatic heterocycles. The van der Waals surface area contributed by atoms with Crippen molar-refractivity contribution in [1.82, 2.24) is 14.7 Å². The molecule has 6 heteroatoms. The van der Waals surface area contributed by atoms with E-state index in [9.17, 15) is 9.59 Å². The lowest BCUT2D eigenvalue weighted by Gasteiger charge is -2.39. The number of rotatable bonds is 4. The van der Waals surface area contributed by atoms with Gasteiger partial charge in [0.05, 0.1) is 12.5 Å². The van der Waals surface area contributed by atoms with Crippen molar-refractivity contribution in [1.29, 1.82) is 0 Å². The molecule has 152 valence electrons. The molecule has 6 nitrogen and oxygen atoms in total. The van der Waals surface area contributed by atoms with E-state index < -0.39 is 0 Å². The summed E-state index contributed by atoms with van der Waals surface area (Å²) in [5, 5.41) is 0. The van der Waals surface area contributed by atoms with Gasteiger partial charge in [-0.3, -0.25) is 14.5 Å². The molecule has 0 spiro atoms. The first-order valence-electron chi connectivity index (χ1n) is 11.1. The number of likely N-dealkylation sites (N-methyl/N-ethyl adjacent to an activating group) is 1. The van der Waals surface area contributed by atoms with Crippen molar-refractivity contribution in [3.05, 3.63) is 0 Å². The first kappa shape index (κ1) is 19.2. The zero-order valence-electron chi connectivity index (χ0n) is 16.8. The smallest absolute Gasteiger partial charge is 0.236 e. The van der Waals surface area contributed by atoms with Crippen LogP contribution in [-0.4, -0.2) is 78.4 Å². The Bertz CT molecular complexity index is 552. The van der Waals surface area contributed by atoms with Gasteiger partial charge in [0.1, 0.15) is 0 Å². The third kappa shape index (κ3) is 3.88. The fourth-order valence-electron chi connectivity index (χ4n) is 6.01. The van der Waals surface area contributed by atoms with E-state index in [0.717, 1.165) is 45.4 Å². The SMILES string of the molecule is CN(C(=O)CN1CCN(C(=O)C2C3CCC(C3)C2N)CC1)C1CCCCC1. The van der Waals surface area contributed by atoms with Crippen molar-refractivity contribution in [3.63, 3.8) is 0 Å². The van der Waals surface area contributed by atoms with Crippen molar-refractivity contribution < 1.29 is 9.59 Å². The molecule has 2 bridgehead atoms. The Morgan fingerprint density at radius 1 is 0.963 bits per heavy atom. The van der Waals surface area contributed by atoms with Gasteiger partial charge < -0.3 is 15.5 Å². The Hall–Kier alpha value is -1.14. The molecular formula is C21H36N4O2. The molecule has 0 aromatic carbocycles. The number of carbonyl (C=O) groups excluding carboxylic acids is 2. The molecule has 4 unspecified atom stereocenters. The van der Waals surface area contributed by atoms with E-state index in [0.29, 0.717) is 24.4 Å². The summed E-state index contributed by atoms with van der Waals surface area (Å²) in [4.78, 5) is 31.9. The highest BCUT2D eigenvalue weighted by Crippen LogP contribution is 2.48. The number of fused-ring (bicyclic) bond motifs is 2. The fourth-order valence-corrected chi connectivity index (χ4v) is 6.01. The zero-order chi connectivity index (χ0) is 19.0. The van der Waals surface area contributed by atoms with Gasteiger partial charge in [-0.05, 0) is 43.9 Å². The number of amides is 2. The van der Waals surface area contributed by atoms with Crippen molar-refractivity contribution >= 4 is 11.8 Å². The summed E-state index contributed by atoms with van der Waals surface area (Å²) in [5.74, 6) is 1.64. The minimum atomic E-state index is 0.0503. The summed E-state index contributed by atoms with van der Waals surface area (Å²) in [5.41, 5.74) is 6.36. The summed E-state index contributed by atoms with van der Waals surface area (Å²) < 4.78 is 0. The largest absolute Gasteiger partial charge is 0.342 e. The second-order valence-corrected chi connectivity index (χ2v) is 9.33. The monoisotopic (exact) mass is 376 g/mol. The van der Waals surface area contributed by atoms with Crippen LogP contribution in [-0.2, 0) is 9.59 Å². The summed E-state index contributed by atoms with van der Waals surface area (Å²) in [6.07, 6.45) is 9.63. The predicted octanol–water partition coefficient (Wildman–Crippen LogP) is 1.30. The number of carbonyl (C=O) groups is 2. The zero-order valence-corrected chi connectivity index (χ0v) is 16.8. The number of hydrogen-bond acceptors (Lipinski definition) is 4. The lowest BCUT2D eigenvalue weighted by Crippen LogP contribution is -2.55. The summed E-state index contributed by atoms with van der Waals surface area (Å²) in [6, 6.07) is 0.494. The summed E-state index contributed by atoms with van der Waals surface area (Å²) in [6.45, 7) is 3.56. The van der Waals surface area contributed by atoms with Gasteiger partial charge in [0.15, 0.2) is 0 Å². The maximum absolute atomic E-state index is 13.0. The summed E-state index contributed by atoms with van der Waals surface area (Å²) in [7, 11) is 1.97. The van der Waals surface area contributed by atoms with Gasteiger partial charge in [0.25, 0.3) is 0 Å². The van der Waals surface area contributed by atoms with Crippen LogP contribution in [0.15, 0.2) is 0 Å². The molecule has 1 saturated heterocycles. The van der Waals surface area contributed by atoms with Crippen LogP contribution >= 0.6 is 0 Å². The van der Waals surface area contributed by atoms with E-state index in [1.165, 1.54) is 32.1 Å². The Morgan fingerprint density at radius 2 is 1.63 bits per heavy atom. The highest BCUT2D eigenvalue weighted by atomic mass is 16.2. The van der Waals surface area contributed by atoms with E-state index in [2.05, 4.69) is 4.90 Å². The molecule has 27 heavy (non-hydrogen) atoms. The Balaban J connectivity index is 1.24. The average molecular weight is 377 g/mol. The van der Waals surface area contributed by atoms with Gasteiger partial charge in [-0.25, -0.2) is 0 Å². The highest BCUT2D eigenvalue weighted by molar-refractivity contribution is 5.81. The van der Waals surface area contributed by atoms with Crippen LogP contribution < -0.4 is 5.73 Å². The van der Waals surface area contributed by atoms with Crippen LogP contribution in [0.3, 0.4) is 0 Å². The van der Waals surface area contributed by atoms with Gasteiger partial charge >= 0.3 is 0 Å². The minimum Gasteiger partial charge on any atom is -0.342 e. The molecular weight excluding hydrogens is 340 g/mol. The molecule has 0 radical (unpaired) electrons. The molecule has 4 aliphatic rings. The fraction of sp³-hybridized carbons (Fsp3) is 0.905. The van der Waals surface area contributed by atoms with Gasteiger partial charge in [-0.15, -0.1) is 0 Å². The number of hydrogen-bond donors (Lipinski definition) is 1. The molecule has 3 aliphatic carbocycles. The van der Waals surface area contributed by atoms with Crippen LogP contribution in [0.5, 0.6) is 0 Å². The molecule has 3 saturated carbocycles. The Kier molecular flexibility index (Phi) is 5.74. The van der Waals surface area contributed by atoms with Crippen LogP contribution in [0.25, 0.3) is 0 Å². The van der Waals surface area contributed by atoms with Gasteiger partial charge in [0.2, 0.25) is 11.8 Å². The molecule has 4 atom stereocenters. The number of piperazine rings is 1. The lowest BCUT2D eigenvalue weighted by atomic mass is 9.84. The number of nitrogens with zero attached hydrogens (tertiary/aromatic N) is 3. The highest BCUT2D eigenvalue weighted by Gasteiger charge is 2.50. The molecule has 1 aliphatic heterocycles. The molecule has 4 rings (SSSR count). The molecule has 2 amide bonds.